The number of aromatic nitrogens is 2. The number of piperazine rings is 1. The van der Waals surface area contributed by atoms with Crippen molar-refractivity contribution in [2.24, 2.45) is 0 Å². The Morgan fingerprint density at radius 2 is 1.82 bits per heavy atom. The van der Waals surface area contributed by atoms with Crippen LogP contribution >= 0.6 is 0 Å². The van der Waals surface area contributed by atoms with E-state index in [-0.39, 0.29) is 0 Å². The van der Waals surface area contributed by atoms with Gasteiger partial charge in [-0.3, -0.25) is 4.90 Å². The number of nitrogens with one attached hydrogen (secondary N) is 1. The SMILES string of the molecule is COc1ccc(Nc2ncccn2)cc1OCCCN1CCN(C(C)C)CC1. The number of benzene rings is 1. The van der Waals surface area contributed by atoms with Crippen LogP contribution in [0.4, 0.5) is 11.6 Å². The predicted molar refractivity (Wildman–Crippen MR) is 112 cm³/mol. The van der Waals surface area contributed by atoms with Crippen molar-refractivity contribution in [1.82, 2.24) is 19.8 Å². The van der Waals surface area contributed by atoms with E-state index in [1.165, 1.54) is 0 Å². The van der Waals surface area contributed by atoms with Gasteiger partial charge in [-0.05, 0) is 38.5 Å². The fourth-order valence-electron chi connectivity index (χ4n) is 3.33. The Balaban J connectivity index is 1.47. The summed E-state index contributed by atoms with van der Waals surface area (Å²) in [7, 11) is 1.66. The van der Waals surface area contributed by atoms with E-state index in [0.717, 1.165) is 56.3 Å². The minimum Gasteiger partial charge on any atom is -0.493 e. The van der Waals surface area contributed by atoms with E-state index in [9.17, 15) is 0 Å². The van der Waals surface area contributed by atoms with Crippen LogP contribution in [0.3, 0.4) is 0 Å². The largest absolute Gasteiger partial charge is 0.493 e. The minimum absolute atomic E-state index is 0.555. The lowest BCUT2D eigenvalue weighted by molar-refractivity contribution is 0.104. The molecule has 0 radical (unpaired) electrons. The highest BCUT2D eigenvalue weighted by Gasteiger charge is 2.18. The van der Waals surface area contributed by atoms with Crippen LogP contribution in [-0.4, -0.2) is 72.3 Å². The molecular weight excluding hydrogens is 354 g/mol. The van der Waals surface area contributed by atoms with E-state index in [2.05, 4.69) is 38.9 Å². The molecule has 1 fully saturated rings. The molecule has 152 valence electrons. The quantitative estimate of drug-likeness (QED) is 0.666. The summed E-state index contributed by atoms with van der Waals surface area (Å²) >= 11 is 0. The van der Waals surface area contributed by atoms with Gasteiger partial charge in [-0.2, -0.15) is 0 Å². The summed E-state index contributed by atoms with van der Waals surface area (Å²) in [5, 5.41) is 3.18. The van der Waals surface area contributed by atoms with E-state index in [0.29, 0.717) is 18.6 Å². The molecular formula is C21H31N5O2. The molecule has 1 aliphatic heterocycles. The fourth-order valence-corrected chi connectivity index (χ4v) is 3.33. The lowest BCUT2D eigenvalue weighted by Crippen LogP contribution is -2.49. The molecule has 0 amide bonds. The van der Waals surface area contributed by atoms with Gasteiger partial charge >= 0.3 is 0 Å². The highest BCUT2D eigenvalue weighted by atomic mass is 16.5. The lowest BCUT2D eigenvalue weighted by Gasteiger charge is -2.36. The van der Waals surface area contributed by atoms with E-state index < -0.39 is 0 Å². The monoisotopic (exact) mass is 385 g/mol. The second-order valence-electron chi connectivity index (χ2n) is 7.24. The van der Waals surface area contributed by atoms with Crippen LogP contribution in [-0.2, 0) is 0 Å². The van der Waals surface area contributed by atoms with Crippen LogP contribution in [0.25, 0.3) is 0 Å². The molecule has 0 atom stereocenters. The maximum absolute atomic E-state index is 6.01. The molecule has 2 heterocycles. The van der Waals surface area contributed by atoms with Crippen LogP contribution < -0.4 is 14.8 Å². The molecule has 0 aliphatic carbocycles. The Kier molecular flexibility index (Phi) is 7.45. The Hall–Kier alpha value is -2.38. The van der Waals surface area contributed by atoms with Crippen LogP contribution in [0, 0.1) is 0 Å². The normalized spacial score (nSPS) is 15.6. The summed E-state index contributed by atoms with van der Waals surface area (Å²) in [6.45, 7) is 10.8. The van der Waals surface area contributed by atoms with Gasteiger partial charge in [-0.1, -0.05) is 0 Å². The molecule has 28 heavy (non-hydrogen) atoms. The summed E-state index contributed by atoms with van der Waals surface area (Å²) in [4.78, 5) is 13.4. The maximum atomic E-state index is 6.01. The zero-order valence-corrected chi connectivity index (χ0v) is 17.1. The van der Waals surface area contributed by atoms with Gasteiger partial charge in [0.2, 0.25) is 5.95 Å². The van der Waals surface area contributed by atoms with E-state index in [1.54, 1.807) is 25.6 Å². The predicted octanol–water partition coefficient (Wildman–Crippen LogP) is 3.02. The molecule has 1 saturated heterocycles. The second kappa shape index (κ2) is 10.2. The van der Waals surface area contributed by atoms with Gasteiger partial charge in [0.1, 0.15) is 0 Å². The van der Waals surface area contributed by atoms with Gasteiger partial charge < -0.3 is 19.7 Å². The number of ether oxygens (including phenoxy) is 2. The molecule has 1 aromatic heterocycles. The highest BCUT2D eigenvalue weighted by Crippen LogP contribution is 2.31. The average molecular weight is 386 g/mol. The zero-order valence-electron chi connectivity index (χ0n) is 17.1. The third-order valence-electron chi connectivity index (χ3n) is 5.00. The number of anilines is 2. The van der Waals surface area contributed by atoms with Crippen molar-refractivity contribution in [2.45, 2.75) is 26.3 Å². The van der Waals surface area contributed by atoms with Crippen LogP contribution in [0.5, 0.6) is 11.5 Å². The number of rotatable bonds is 9. The van der Waals surface area contributed by atoms with E-state index >= 15 is 0 Å². The van der Waals surface area contributed by atoms with E-state index in [1.807, 2.05) is 18.2 Å². The minimum atomic E-state index is 0.555. The van der Waals surface area contributed by atoms with Gasteiger partial charge in [0.25, 0.3) is 0 Å². The van der Waals surface area contributed by atoms with Crippen molar-refractivity contribution in [3.05, 3.63) is 36.7 Å². The van der Waals surface area contributed by atoms with Gasteiger partial charge in [0, 0.05) is 62.9 Å². The summed E-state index contributed by atoms with van der Waals surface area (Å²) < 4.78 is 11.4. The van der Waals surface area contributed by atoms with Gasteiger partial charge in [-0.15, -0.1) is 0 Å². The molecule has 3 rings (SSSR count). The van der Waals surface area contributed by atoms with Crippen molar-refractivity contribution in [3.8, 4) is 11.5 Å². The van der Waals surface area contributed by atoms with E-state index in [4.69, 9.17) is 9.47 Å². The molecule has 1 N–H and O–H groups in total. The van der Waals surface area contributed by atoms with Crippen molar-refractivity contribution < 1.29 is 9.47 Å². The Morgan fingerprint density at radius 3 is 2.50 bits per heavy atom. The maximum Gasteiger partial charge on any atom is 0.227 e. The van der Waals surface area contributed by atoms with Crippen molar-refractivity contribution in [1.29, 1.82) is 0 Å². The van der Waals surface area contributed by atoms with Crippen LogP contribution in [0.1, 0.15) is 20.3 Å². The third-order valence-corrected chi connectivity index (χ3v) is 5.00. The number of nitrogens with zero attached hydrogens (tertiary/aromatic N) is 4. The molecule has 0 unspecified atom stereocenters. The fraction of sp³-hybridized carbons (Fsp3) is 0.524. The number of methoxy groups -OCH3 is 1. The first-order valence-corrected chi connectivity index (χ1v) is 9.97. The summed E-state index contributed by atoms with van der Waals surface area (Å²) in [6, 6.07) is 8.18. The molecule has 2 aromatic rings. The molecule has 0 spiro atoms. The Bertz CT molecular complexity index is 718. The van der Waals surface area contributed by atoms with Crippen LogP contribution in [0.2, 0.25) is 0 Å². The molecule has 7 nitrogen and oxygen atoms in total. The van der Waals surface area contributed by atoms with Crippen molar-refractivity contribution >= 4 is 11.6 Å². The molecule has 0 saturated carbocycles. The molecule has 1 aliphatic rings. The van der Waals surface area contributed by atoms with Crippen molar-refractivity contribution in [3.63, 3.8) is 0 Å². The first kappa shape index (κ1) is 20.4. The highest BCUT2D eigenvalue weighted by molar-refractivity contribution is 5.59. The molecule has 0 bridgehead atoms. The molecule has 7 heteroatoms. The second-order valence-corrected chi connectivity index (χ2v) is 7.24. The number of hydrogen-bond acceptors (Lipinski definition) is 7. The third kappa shape index (κ3) is 5.81. The van der Waals surface area contributed by atoms with Crippen LogP contribution in [0.15, 0.2) is 36.7 Å². The summed E-state index contributed by atoms with van der Waals surface area (Å²) in [5.74, 6) is 2.01. The zero-order chi connectivity index (χ0) is 19.8. The first-order valence-electron chi connectivity index (χ1n) is 9.97. The average Bonchev–Trinajstić information content (AvgIpc) is 2.72. The Morgan fingerprint density at radius 1 is 1.07 bits per heavy atom. The topological polar surface area (TPSA) is 62.8 Å². The van der Waals surface area contributed by atoms with Crippen molar-refractivity contribution in [2.75, 3.05) is 51.8 Å². The Labute approximate surface area is 167 Å². The standard InChI is InChI=1S/C21H31N5O2/c1-17(2)26-13-11-25(12-14-26)10-5-15-28-20-16-18(6-7-19(20)27-3)24-21-22-8-4-9-23-21/h4,6-9,16-17H,5,10-15H2,1-3H3,(H,22,23,24). The first-order chi connectivity index (χ1) is 13.7. The summed E-state index contributed by atoms with van der Waals surface area (Å²) in [5.41, 5.74) is 0.867. The van der Waals surface area contributed by atoms with Gasteiger partial charge in [-0.25, -0.2) is 9.97 Å². The summed E-state index contributed by atoms with van der Waals surface area (Å²) in [6.07, 6.45) is 4.40. The lowest BCUT2D eigenvalue weighted by atomic mass is 10.2. The number of hydrogen-bond donors (Lipinski definition) is 1. The molecule has 1 aromatic carbocycles. The smallest absolute Gasteiger partial charge is 0.227 e. The van der Waals surface area contributed by atoms with Gasteiger partial charge in [0.15, 0.2) is 11.5 Å². The van der Waals surface area contributed by atoms with Gasteiger partial charge in [0.05, 0.1) is 13.7 Å².